The molecule has 2 rings (SSSR count). The molecule has 0 fully saturated rings. The molecule has 0 spiro atoms. The Morgan fingerprint density at radius 2 is 1.71 bits per heavy atom. The first-order valence-electron chi connectivity index (χ1n) is 4.97. The lowest BCUT2D eigenvalue weighted by atomic mass is 10.2. The highest BCUT2D eigenvalue weighted by Gasteiger charge is 2.01. The third-order valence-corrected chi connectivity index (χ3v) is 2.82. The lowest BCUT2D eigenvalue weighted by Gasteiger charge is -2.06. The van der Waals surface area contributed by atoms with Crippen LogP contribution in [0.2, 0.25) is 0 Å². The first-order valence-corrected chi connectivity index (χ1v) is 5.77. The Labute approximate surface area is 106 Å². The maximum atomic E-state index is 13.0. The SMILES string of the molecule is Fc1ccc(COc2ccc(F)c(Br)c2)cc1. The van der Waals surface area contributed by atoms with Crippen LogP contribution in [0.3, 0.4) is 0 Å². The summed E-state index contributed by atoms with van der Waals surface area (Å²) in [4.78, 5) is 0. The van der Waals surface area contributed by atoms with Gasteiger partial charge in [0.25, 0.3) is 0 Å². The number of hydrogen-bond acceptors (Lipinski definition) is 1. The van der Waals surface area contributed by atoms with E-state index in [4.69, 9.17) is 4.74 Å². The molecule has 2 aromatic rings. The minimum Gasteiger partial charge on any atom is -0.489 e. The monoisotopic (exact) mass is 298 g/mol. The highest BCUT2D eigenvalue weighted by Crippen LogP contribution is 2.22. The molecule has 88 valence electrons. The standard InChI is InChI=1S/C13H9BrF2O/c14-12-7-11(5-6-13(12)16)17-8-9-1-3-10(15)4-2-9/h1-7H,8H2. The van der Waals surface area contributed by atoms with E-state index in [9.17, 15) is 8.78 Å². The van der Waals surface area contributed by atoms with Gasteiger partial charge in [0.1, 0.15) is 24.0 Å². The average molecular weight is 299 g/mol. The second-order valence-corrected chi connectivity index (χ2v) is 4.35. The molecule has 0 amide bonds. The molecule has 0 heterocycles. The van der Waals surface area contributed by atoms with Crippen molar-refractivity contribution in [3.63, 3.8) is 0 Å². The van der Waals surface area contributed by atoms with Crippen LogP contribution in [0, 0.1) is 11.6 Å². The van der Waals surface area contributed by atoms with Crippen molar-refractivity contribution in [1.82, 2.24) is 0 Å². The Bertz CT molecular complexity index is 511. The quantitative estimate of drug-likeness (QED) is 0.820. The van der Waals surface area contributed by atoms with E-state index in [-0.39, 0.29) is 11.6 Å². The van der Waals surface area contributed by atoms with Gasteiger partial charge in [-0.05, 0) is 51.8 Å². The summed E-state index contributed by atoms with van der Waals surface area (Å²) in [7, 11) is 0. The minimum atomic E-state index is -0.334. The van der Waals surface area contributed by atoms with Gasteiger partial charge in [0, 0.05) is 0 Å². The van der Waals surface area contributed by atoms with E-state index in [0.717, 1.165) is 5.56 Å². The molecule has 2 aromatic carbocycles. The number of rotatable bonds is 3. The van der Waals surface area contributed by atoms with E-state index in [2.05, 4.69) is 15.9 Å². The predicted molar refractivity (Wildman–Crippen MR) is 64.8 cm³/mol. The first kappa shape index (κ1) is 12.0. The molecule has 1 nitrogen and oxygen atoms in total. The Hall–Kier alpha value is -1.42. The number of halogens is 3. The van der Waals surface area contributed by atoms with E-state index >= 15 is 0 Å². The fourth-order valence-electron chi connectivity index (χ4n) is 1.31. The van der Waals surface area contributed by atoms with Crippen LogP contribution in [-0.4, -0.2) is 0 Å². The van der Waals surface area contributed by atoms with E-state index in [0.29, 0.717) is 16.8 Å². The third-order valence-electron chi connectivity index (χ3n) is 2.21. The maximum Gasteiger partial charge on any atom is 0.137 e. The van der Waals surface area contributed by atoms with Crippen LogP contribution < -0.4 is 4.74 Å². The van der Waals surface area contributed by atoms with Crippen LogP contribution >= 0.6 is 15.9 Å². The Morgan fingerprint density at radius 3 is 2.35 bits per heavy atom. The molecular formula is C13H9BrF2O. The van der Waals surface area contributed by atoms with Crippen LogP contribution in [-0.2, 0) is 6.61 Å². The third kappa shape index (κ3) is 3.27. The summed E-state index contributed by atoms with van der Waals surface area (Å²) in [5, 5.41) is 0. The smallest absolute Gasteiger partial charge is 0.137 e. The van der Waals surface area contributed by atoms with Crippen LogP contribution in [0.4, 0.5) is 8.78 Å². The van der Waals surface area contributed by atoms with E-state index in [1.165, 1.54) is 18.2 Å². The molecule has 0 aliphatic heterocycles. The zero-order valence-electron chi connectivity index (χ0n) is 8.79. The van der Waals surface area contributed by atoms with Gasteiger partial charge in [-0.15, -0.1) is 0 Å². The van der Waals surface area contributed by atoms with E-state index in [1.54, 1.807) is 24.3 Å². The average Bonchev–Trinajstić information content (AvgIpc) is 2.33. The lowest BCUT2D eigenvalue weighted by Crippen LogP contribution is -1.95. The molecule has 0 saturated carbocycles. The Balaban J connectivity index is 2.02. The molecule has 0 radical (unpaired) electrons. The molecule has 0 bridgehead atoms. The lowest BCUT2D eigenvalue weighted by molar-refractivity contribution is 0.305. The van der Waals surface area contributed by atoms with Gasteiger partial charge in [0.05, 0.1) is 4.47 Å². The predicted octanol–water partition coefficient (Wildman–Crippen LogP) is 4.31. The normalized spacial score (nSPS) is 10.3. The van der Waals surface area contributed by atoms with Crippen molar-refractivity contribution in [2.75, 3.05) is 0 Å². The number of benzene rings is 2. The summed E-state index contributed by atoms with van der Waals surface area (Å²) in [5.41, 5.74) is 0.854. The zero-order chi connectivity index (χ0) is 12.3. The topological polar surface area (TPSA) is 9.23 Å². The summed E-state index contributed by atoms with van der Waals surface area (Å²) < 4.78 is 31.4. The maximum absolute atomic E-state index is 13.0. The van der Waals surface area contributed by atoms with Crippen molar-refractivity contribution in [1.29, 1.82) is 0 Å². The highest BCUT2D eigenvalue weighted by molar-refractivity contribution is 9.10. The zero-order valence-corrected chi connectivity index (χ0v) is 10.4. The van der Waals surface area contributed by atoms with E-state index < -0.39 is 0 Å². The fourth-order valence-corrected chi connectivity index (χ4v) is 1.67. The second kappa shape index (κ2) is 5.27. The van der Waals surface area contributed by atoms with Gasteiger partial charge in [-0.3, -0.25) is 0 Å². The second-order valence-electron chi connectivity index (χ2n) is 3.49. The van der Waals surface area contributed by atoms with Gasteiger partial charge in [0.15, 0.2) is 0 Å². The summed E-state index contributed by atoms with van der Waals surface area (Å²) in [6.45, 7) is 0.318. The van der Waals surface area contributed by atoms with E-state index in [1.807, 2.05) is 0 Å². The molecule has 17 heavy (non-hydrogen) atoms. The van der Waals surface area contributed by atoms with Crippen molar-refractivity contribution in [3.05, 3.63) is 64.1 Å². The molecule has 0 atom stereocenters. The largest absolute Gasteiger partial charge is 0.489 e. The summed E-state index contributed by atoms with van der Waals surface area (Å²) in [5.74, 6) is -0.0555. The highest BCUT2D eigenvalue weighted by atomic mass is 79.9. The molecule has 0 aliphatic rings. The summed E-state index contributed by atoms with van der Waals surface area (Å²) >= 11 is 3.08. The van der Waals surface area contributed by atoms with Gasteiger partial charge in [-0.2, -0.15) is 0 Å². The van der Waals surface area contributed by atoms with Crippen molar-refractivity contribution < 1.29 is 13.5 Å². The van der Waals surface area contributed by atoms with Crippen molar-refractivity contribution in [3.8, 4) is 5.75 Å². The van der Waals surface area contributed by atoms with Gasteiger partial charge in [0.2, 0.25) is 0 Å². The van der Waals surface area contributed by atoms with Gasteiger partial charge >= 0.3 is 0 Å². The van der Waals surface area contributed by atoms with Gasteiger partial charge in [-0.1, -0.05) is 12.1 Å². The fraction of sp³-hybridized carbons (Fsp3) is 0.0769. The molecular weight excluding hydrogens is 290 g/mol. The number of hydrogen-bond donors (Lipinski definition) is 0. The molecule has 0 N–H and O–H groups in total. The van der Waals surface area contributed by atoms with Crippen molar-refractivity contribution in [2.45, 2.75) is 6.61 Å². The number of ether oxygens (including phenoxy) is 1. The Morgan fingerprint density at radius 1 is 1.00 bits per heavy atom. The first-order chi connectivity index (χ1) is 8.15. The molecule has 0 unspecified atom stereocenters. The summed E-state index contributed by atoms with van der Waals surface area (Å²) in [6, 6.07) is 10.5. The molecule has 0 aliphatic carbocycles. The van der Waals surface area contributed by atoms with Gasteiger partial charge in [-0.25, -0.2) is 8.78 Å². The minimum absolute atomic E-state index is 0.279. The van der Waals surface area contributed by atoms with Gasteiger partial charge < -0.3 is 4.74 Å². The van der Waals surface area contributed by atoms with Crippen LogP contribution in [0.5, 0.6) is 5.75 Å². The Kier molecular flexibility index (Phi) is 3.74. The van der Waals surface area contributed by atoms with Crippen LogP contribution in [0.1, 0.15) is 5.56 Å². The molecule has 0 saturated heterocycles. The van der Waals surface area contributed by atoms with Crippen LogP contribution in [0.15, 0.2) is 46.9 Å². The van der Waals surface area contributed by atoms with Crippen molar-refractivity contribution >= 4 is 15.9 Å². The molecule has 0 aromatic heterocycles. The van der Waals surface area contributed by atoms with Crippen molar-refractivity contribution in [2.24, 2.45) is 0 Å². The summed E-state index contributed by atoms with van der Waals surface area (Å²) in [6.07, 6.45) is 0. The van der Waals surface area contributed by atoms with Crippen LogP contribution in [0.25, 0.3) is 0 Å². The molecule has 4 heteroatoms.